The Balaban J connectivity index is 1.99. The van der Waals surface area contributed by atoms with E-state index in [9.17, 15) is 10.2 Å². The molecule has 0 saturated heterocycles. The molecule has 0 saturated carbocycles. The van der Waals surface area contributed by atoms with Gasteiger partial charge in [0.25, 0.3) is 0 Å². The summed E-state index contributed by atoms with van der Waals surface area (Å²) in [5.41, 5.74) is 1.42. The van der Waals surface area contributed by atoms with Gasteiger partial charge in [0.1, 0.15) is 0 Å². The second-order valence-corrected chi connectivity index (χ2v) is 4.78. The number of aromatic amines is 1. The topological polar surface area (TPSA) is 99.3 Å². The van der Waals surface area contributed by atoms with Crippen molar-refractivity contribution in [3.8, 4) is 22.9 Å². The summed E-state index contributed by atoms with van der Waals surface area (Å²) in [5.74, 6) is 0.148. The van der Waals surface area contributed by atoms with Gasteiger partial charge in [-0.1, -0.05) is 0 Å². The van der Waals surface area contributed by atoms with E-state index in [0.29, 0.717) is 16.2 Å². The lowest BCUT2D eigenvalue weighted by molar-refractivity contribution is 0.403. The van der Waals surface area contributed by atoms with Crippen LogP contribution in [0.2, 0.25) is 0 Å². The minimum Gasteiger partial charge on any atom is -0.504 e. The molecular formula is C14H11N5O2S. The van der Waals surface area contributed by atoms with E-state index < -0.39 is 0 Å². The van der Waals surface area contributed by atoms with E-state index in [-0.39, 0.29) is 11.5 Å². The van der Waals surface area contributed by atoms with E-state index >= 15 is 0 Å². The molecule has 3 rings (SSSR count). The molecule has 1 aromatic carbocycles. The number of rotatable bonds is 3. The summed E-state index contributed by atoms with van der Waals surface area (Å²) in [6.07, 6.45) is 4.81. The standard InChI is InChI=1S/C14H11N5O2S/c20-11-2-1-9(7-12(11)21)8-16-19-13(17-18-14(19)22)10-3-5-15-6-4-10/h1-8,20-21H,(H,18,22)/b16-8-. The molecule has 0 radical (unpaired) electrons. The van der Waals surface area contributed by atoms with Crippen LogP contribution in [0.5, 0.6) is 11.5 Å². The zero-order chi connectivity index (χ0) is 15.5. The molecule has 7 nitrogen and oxygen atoms in total. The van der Waals surface area contributed by atoms with Crippen LogP contribution in [-0.2, 0) is 0 Å². The van der Waals surface area contributed by atoms with Crippen molar-refractivity contribution >= 4 is 18.4 Å². The van der Waals surface area contributed by atoms with Crippen molar-refractivity contribution in [2.75, 3.05) is 0 Å². The first kappa shape index (κ1) is 14.0. The summed E-state index contributed by atoms with van der Waals surface area (Å²) in [6, 6.07) is 7.99. The van der Waals surface area contributed by atoms with Crippen molar-refractivity contribution in [1.29, 1.82) is 0 Å². The highest BCUT2D eigenvalue weighted by Gasteiger charge is 2.07. The normalized spacial score (nSPS) is 11.1. The van der Waals surface area contributed by atoms with E-state index in [1.54, 1.807) is 30.6 Å². The number of nitrogens with zero attached hydrogens (tertiary/aromatic N) is 4. The second-order valence-electron chi connectivity index (χ2n) is 4.39. The molecule has 22 heavy (non-hydrogen) atoms. The van der Waals surface area contributed by atoms with Gasteiger partial charge in [-0.3, -0.25) is 4.98 Å². The Morgan fingerprint density at radius 3 is 2.64 bits per heavy atom. The molecule has 0 aliphatic carbocycles. The summed E-state index contributed by atoms with van der Waals surface area (Å²) >= 11 is 5.16. The molecule has 3 aromatic rings. The first-order valence-corrected chi connectivity index (χ1v) is 6.70. The Hall–Kier alpha value is -3.00. The molecule has 0 fully saturated rings. The van der Waals surface area contributed by atoms with Gasteiger partial charge >= 0.3 is 0 Å². The third-order valence-corrected chi connectivity index (χ3v) is 3.17. The molecule has 2 aromatic heterocycles. The first-order chi connectivity index (χ1) is 10.6. The van der Waals surface area contributed by atoms with Crippen molar-refractivity contribution in [1.82, 2.24) is 19.9 Å². The minimum atomic E-state index is -0.214. The predicted molar refractivity (Wildman–Crippen MR) is 83.4 cm³/mol. The fraction of sp³-hybridized carbons (Fsp3) is 0. The van der Waals surface area contributed by atoms with Crippen LogP contribution < -0.4 is 0 Å². The summed E-state index contributed by atoms with van der Waals surface area (Å²) in [5, 5.41) is 29.9. The van der Waals surface area contributed by atoms with Crippen LogP contribution in [0.3, 0.4) is 0 Å². The van der Waals surface area contributed by atoms with Crippen LogP contribution >= 0.6 is 12.2 Å². The molecule has 0 atom stereocenters. The summed E-state index contributed by atoms with van der Waals surface area (Å²) in [4.78, 5) is 3.96. The van der Waals surface area contributed by atoms with Crippen LogP contribution in [0.1, 0.15) is 5.56 Å². The van der Waals surface area contributed by atoms with Gasteiger partial charge in [0.15, 0.2) is 17.3 Å². The molecule has 8 heteroatoms. The molecule has 110 valence electrons. The molecule has 0 amide bonds. The van der Waals surface area contributed by atoms with E-state index in [1.165, 1.54) is 23.0 Å². The van der Waals surface area contributed by atoms with Crippen LogP contribution in [0, 0.1) is 4.77 Å². The molecule has 0 spiro atoms. The number of hydrogen-bond acceptors (Lipinski definition) is 6. The average Bonchev–Trinajstić information content (AvgIpc) is 2.90. The van der Waals surface area contributed by atoms with Crippen molar-refractivity contribution in [2.24, 2.45) is 5.10 Å². The molecule has 0 unspecified atom stereocenters. The number of phenolic OH excluding ortho intramolecular Hbond substituents is 2. The van der Waals surface area contributed by atoms with Gasteiger partial charge < -0.3 is 10.2 Å². The molecular weight excluding hydrogens is 302 g/mol. The number of benzene rings is 1. The van der Waals surface area contributed by atoms with Gasteiger partial charge in [0.2, 0.25) is 4.77 Å². The highest BCUT2D eigenvalue weighted by molar-refractivity contribution is 7.71. The Morgan fingerprint density at radius 1 is 1.14 bits per heavy atom. The van der Waals surface area contributed by atoms with E-state index in [1.807, 2.05) is 0 Å². The predicted octanol–water partition coefficient (Wildman–Crippen LogP) is 2.30. The smallest absolute Gasteiger partial charge is 0.216 e. The SMILES string of the molecule is Oc1ccc(/C=N\n2c(-c3ccncc3)n[nH]c2=S)cc1O. The summed E-state index contributed by atoms with van der Waals surface area (Å²) in [7, 11) is 0. The van der Waals surface area contributed by atoms with Gasteiger partial charge in [-0.2, -0.15) is 14.9 Å². The lowest BCUT2D eigenvalue weighted by atomic mass is 10.2. The fourth-order valence-corrected chi connectivity index (χ4v) is 2.01. The average molecular weight is 313 g/mol. The Kier molecular flexibility index (Phi) is 3.67. The van der Waals surface area contributed by atoms with E-state index in [4.69, 9.17) is 12.2 Å². The van der Waals surface area contributed by atoms with Crippen molar-refractivity contribution in [3.63, 3.8) is 0 Å². The van der Waals surface area contributed by atoms with Crippen LogP contribution in [-0.4, -0.2) is 36.3 Å². The molecule has 0 aliphatic rings. The molecule has 0 bridgehead atoms. The first-order valence-electron chi connectivity index (χ1n) is 6.29. The van der Waals surface area contributed by atoms with Crippen LogP contribution in [0.15, 0.2) is 47.8 Å². The van der Waals surface area contributed by atoms with E-state index in [0.717, 1.165) is 5.56 Å². The summed E-state index contributed by atoms with van der Waals surface area (Å²) < 4.78 is 1.81. The second kappa shape index (κ2) is 5.78. The number of nitrogens with one attached hydrogen (secondary N) is 1. The van der Waals surface area contributed by atoms with Crippen molar-refractivity contribution < 1.29 is 10.2 Å². The lowest BCUT2D eigenvalue weighted by Crippen LogP contribution is -1.95. The quantitative estimate of drug-likeness (QED) is 0.391. The maximum atomic E-state index is 9.48. The largest absolute Gasteiger partial charge is 0.504 e. The van der Waals surface area contributed by atoms with E-state index in [2.05, 4.69) is 20.3 Å². The van der Waals surface area contributed by atoms with Gasteiger partial charge in [-0.15, -0.1) is 0 Å². The van der Waals surface area contributed by atoms with Crippen LogP contribution in [0.4, 0.5) is 0 Å². The number of hydrogen-bond donors (Lipinski definition) is 3. The third-order valence-electron chi connectivity index (χ3n) is 2.91. The number of pyridine rings is 1. The monoisotopic (exact) mass is 313 g/mol. The Bertz CT molecular complexity index is 886. The number of phenols is 2. The van der Waals surface area contributed by atoms with Gasteiger partial charge in [0, 0.05) is 18.0 Å². The van der Waals surface area contributed by atoms with Gasteiger partial charge in [0.05, 0.1) is 6.21 Å². The Morgan fingerprint density at radius 2 is 1.91 bits per heavy atom. The Labute approximate surface area is 130 Å². The number of aromatic hydroxyl groups is 2. The summed E-state index contributed by atoms with van der Waals surface area (Å²) in [6.45, 7) is 0. The van der Waals surface area contributed by atoms with Crippen molar-refractivity contribution in [3.05, 3.63) is 53.1 Å². The fourth-order valence-electron chi connectivity index (χ4n) is 1.83. The van der Waals surface area contributed by atoms with Gasteiger partial charge in [-0.25, -0.2) is 5.10 Å². The minimum absolute atomic E-state index is 0.186. The highest BCUT2D eigenvalue weighted by atomic mass is 32.1. The zero-order valence-corrected chi connectivity index (χ0v) is 12.0. The maximum Gasteiger partial charge on any atom is 0.216 e. The van der Waals surface area contributed by atoms with Crippen molar-refractivity contribution in [2.45, 2.75) is 0 Å². The highest BCUT2D eigenvalue weighted by Crippen LogP contribution is 2.24. The molecule has 0 aliphatic heterocycles. The zero-order valence-electron chi connectivity index (χ0n) is 11.2. The number of aromatic nitrogens is 4. The number of H-pyrrole nitrogens is 1. The molecule has 2 heterocycles. The molecule has 3 N–H and O–H groups in total. The van der Waals surface area contributed by atoms with Crippen LogP contribution in [0.25, 0.3) is 11.4 Å². The maximum absolute atomic E-state index is 9.48. The van der Waals surface area contributed by atoms with Gasteiger partial charge in [-0.05, 0) is 48.1 Å². The third kappa shape index (κ3) is 2.72. The lowest BCUT2D eigenvalue weighted by Gasteiger charge is -2.01.